The first kappa shape index (κ1) is 13.3. The molecule has 2 unspecified atom stereocenters. The molecule has 17 heavy (non-hydrogen) atoms. The molecule has 2 aliphatic rings. The Morgan fingerprint density at radius 2 is 2.12 bits per heavy atom. The predicted molar refractivity (Wildman–Crippen MR) is 69.9 cm³/mol. The highest BCUT2D eigenvalue weighted by Gasteiger charge is 2.33. The van der Waals surface area contributed by atoms with Crippen LogP contribution in [0, 0.1) is 0 Å². The maximum absolute atomic E-state index is 11.7. The van der Waals surface area contributed by atoms with Gasteiger partial charge in [-0.15, -0.1) is 0 Å². The minimum Gasteiger partial charge on any atom is -0.315 e. The molecule has 0 aromatic rings. The smallest absolute Gasteiger partial charge is 0.151 e. The van der Waals surface area contributed by atoms with E-state index in [1.165, 1.54) is 0 Å². The minimum absolute atomic E-state index is 0.263. The van der Waals surface area contributed by atoms with Crippen molar-refractivity contribution in [2.45, 2.75) is 44.7 Å². The van der Waals surface area contributed by atoms with Crippen LogP contribution in [0.4, 0.5) is 0 Å². The first-order chi connectivity index (χ1) is 8.12. The zero-order valence-corrected chi connectivity index (χ0v) is 11.5. The summed E-state index contributed by atoms with van der Waals surface area (Å²) in [5.74, 6) is 0.774. The normalized spacial score (nSPS) is 33.1. The van der Waals surface area contributed by atoms with Gasteiger partial charge in [-0.05, 0) is 38.8 Å². The SMILES string of the molecule is CCCN(C1CCNC1)C1CCCS(=O)(=O)C1. The third-order valence-corrected chi connectivity index (χ3v) is 5.70. The summed E-state index contributed by atoms with van der Waals surface area (Å²) in [5.41, 5.74) is 0. The van der Waals surface area contributed by atoms with Crippen LogP contribution in [0.25, 0.3) is 0 Å². The van der Waals surface area contributed by atoms with Crippen molar-refractivity contribution in [1.29, 1.82) is 0 Å². The van der Waals surface area contributed by atoms with Gasteiger partial charge in [0.2, 0.25) is 0 Å². The van der Waals surface area contributed by atoms with Crippen LogP contribution in [-0.4, -0.2) is 56.5 Å². The molecule has 2 fully saturated rings. The molecule has 2 aliphatic heterocycles. The molecule has 0 saturated carbocycles. The van der Waals surface area contributed by atoms with Crippen molar-refractivity contribution in [2.24, 2.45) is 0 Å². The molecule has 2 atom stereocenters. The molecule has 1 N–H and O–H groups in total. The summed E-state index contributed by atoms with van der Waals surface area (Å²) in [5, 5.41) is 3.38. The van der Waals surface area contributed by atoms with Gasteiger partial charge in [-0.1, -0.05) is 6.92 Å². The minimum atomic E-state index is -2.79. The van der Waals surface area contributed by atoms with Crippen molar-refractivity contribution in [1.82, 2.24) is 10.2 Å². The first-order valence-corrected chi connectivity index (χ1v) is 8.61. The van der Waals surface area contributed by atoms with E-state index in [0.717, 1.165) is 45.3 Å². The Kier molecular flexibility index (Phi) is 4.44. The number of nitrogens with zero attached hydrogens (tertiary/aromatic N) is 1. The Morgan fingerprint density at radius 3 is 2.71 bits per heavy atom. The molecular formula is C12H24N2O2S. The molecule has 100 valence electrons. The fourth-order valence-corrected chi connectivity index (χ4v) is 4.82. The second-order valence-corrected chi connectivity index (χ2v) is 7.52. The van der Waals surface area contributed by atoms with E-state index < -0.39 is 9.84 Å². The van der Waals surface area contributed by atoms with E-state index in [9.17, 15) is 8.42 Å². The van der Waals surface area contributed by atoms with Crippen molar-refractivity contribution >= 4 is 9.84 Å². The molecule has 0 spiro atoms. The van der Waals surface area contributed by atoms with Crippen LogP contribution in [0.3, 0.4) is 0 Å². The largest absolute Gasteiger partial charge is 0.315 e. The number of sulfone groups is 1. The molecule has 2 rings (SSSR count). The molecule has 0 bridgehead atoms. The molecule has 5 heteroatoms. The quantitative estimate of drug-likeness (QED) is 0.806. The fraction of sp³-hybridized carbons (Fsp3) is 1.00. The highest BCUT2D eigenvalue weighted by molar-refractivity contribution is 7.91. The van der Waals surface area contributed by atoms with Gasteiger partial charge in [0.25, 0.3) is 0 Å². The lowest BCUT2D eigenvalue weighted by Gasteiger charge is -2.37. The molecular weight excluding hydrogens is 236 g/mol. The lowest BCUT2D eigenvalue weighted by Crippen LogP contribution is -2.49. The summed E-state index contributed by atoms with van der Waals surface area (Å²) in [6.07, 6.45) is 4.16. The Labute approximate surface area is 105 Å². The van der Waals surface area contributed by atoms with E-state index in [0.29, 0.717) is 17.5 Å². The van der Waals surface area contributed by atoms with Gasteiger partial charge in [0.15, 0.2) is 9.84 Å². The van der Waals surface area contributed by atoms with Crippen molar-refractivity contribution in [2.75, 3.05) is 31.1 Å². The lowest BCUT2D eigenvalue weighted by molar-refractivity contribution is 0.144. The molecule has 0 radical (unpaired) electrons. The Bertz CT molecular complexity index is 336. The van der Waals surface area contributed by atoms with E-state index >= 15 is 0 Å². The Morgan fingerprint density at radius 1 is 1.29 bits per heavy atom. The summed E-state index contributed by atoms with van der Waals surface area (Å²) >= 11 is 0. The topological polar surface area (TPSA) is 49.4 Å². The van der Waals surface area contributed by atoms with Crippen LogP contribution in [0.2, 0.25) is 0 Å². The highest BCUT2D eigenvalue weighted by atomic mass is 32.2. The second kappa shape index (κ2) is 5.67. The van der Waals surface area contributed by atoms with Gasteiger partial charge in [0, 0.05) is 18.6 Å². The van der Waals surface area contributed by atoms with E-state index in [2.05, 4.69) is 17.1 Å². The van der Waals surface area contributed by atoms with Crippen LogP contribution in [-0.2, 0) is 9.84 Å². The monoisotopic (exact) mass is 260 g/mol. The van der Waals surface area contributed by atoms with Gasteiger partial charge in [0.1, 0.15) is 0 Å². The van der Waals surface area contributed by atoms with Crippen LogP contribution >= 0.6 is 0 Å². The Balaban J connectivity index is 2.04. The number of rotatable bonds is 4. The van der Waals surface area contributed by atoms with Crippen LogP contribution in [0.1, 0.15) is 32.6 Å². The molecule has 0 aromatic carbocycles. The van der Waals surface area contributed by atoms with Crippen LogP contribution in [0.5, 0.6) is 0 Å². The number of hydrogen-bond donors (Lipinski definition) is 1. The summed E-state index contributed by atoms with van der Waals surface area (Å²) < 4.78 is 23.5. The van der Waals surface area contributed by atoms with E-state index in [1.54, 1.807) is 0 Å². The molecule has 0 amide bonds. The summed E-state index contributed by atoms with van der Waals surface area (Å²) in [6.45, 7) is 5.31. The van der Waals surface area contributed by atoms with E-state index in [1.807, 2.05) is 0 Å². The van der Waals surface area contributed by atoms with Crippen molar-refractivity contribution in [3.8, 4) is 0 Å². The molecule has 0 aromatic heterocycles. The second-order valence-electron chi connectivity index (χ2n) is 5.29. The average Bonchev–Trinajstić information content (AvgIpc) is 2.77. The Hall–Kier alpha value is -0.130. The zero-order valence-electron chi connectivity index (χ0n) is 10.7. The van der Waals surface area contributed by atoms with Crippen molar-refractivity contribution in [3.05, 3.63) is 0 Å². The summed E-state index contributed by atoms with van der Waals surface area (Å²) in [7, 11) is -2.79. The molecule has 0 aliphatic carbocycles. The zero-order chi connectivity index (χ0) is 12.3. The van der Waals surface area contributed by atoms with Gasteiger partial charge in [-0.25, -0.2) is 8.42 Å². The molecule has 2 saturated heterocycles. The first-order valence-electron chi connectivity index (χ1n) is 6.79. The highest BCUT2D eigenvalue weighted by Crippen LogP contribution is 2.22. The van der Waals surface area contributed by atoms with Crippen LogP contribution < -0.4 is 5.32 Å². The van der Waals surface area contributed by atoms with Crippen LogP contribution in [0.15, 0.2) is 0 Å². The third kappa shape index (κ3) is 3.42. The van der Waals surface area contributed by atoms with Crippen molar-refractivity contribution < 1.29 is 8.42 Å². The predicted octanol–water partition coefficient (Wildman–Crippen LogP) is 0.638. The van der Waals surface area contributed by atoms with Gasteiger partial charge >= 0.3 is 0 Å². The number of nitrogens with one attached hydrogen (secondary N) is 1. The van der Waals surface area contributed by atoms with Gasteiger partial charge in [-0.3, -0.25) is 4.90 Å². The average molecular weight is 260 g/mol. The van der Waals surface area contributed by atoms with Gasteiger partial charge < -0.3 is 5.32 Å². The van der Waals surface area contributed by atoms with E-state index in [4.69, 9.17) is 0 Å². The lowest BCUT2D eigenvalue weighted by atomic mass is 10.1. The van der Waals surface area contributed by atoms with E-state index in [-0.39, 0.29) is 6.04 Å². The maximum atomic E-state index is 11.7. The van der Waals surface area contributed by atoms with Crippen molar-refractivity contribution in [3.63, 3.8) is 0 Å². The van der Waals surface area contributed by atoms with Gasteiger partial charge in [-0.2, -0.15) is 0 Å². The molecule has 4 nitrogen and oxygen atoms in total. The third-order valence-electron chi connectivity index (χ3n) is 3.89. The summed E-state index contributed by atoms with van der Waals surface area (Å²) in [6, 6.07) is 0.812. The number of hydrogen-bond acceptors (Lipinski definition) is 4. The molecule has 2 heterocycles. The fourth-order valence-electron chi connectivity index (χ4n) is 3.10. The van der Waals surface area contributed by atoms with Gasteiger partial charge in [0.05, 0.1) is 11.5 Å². The maximum Gasteiger partial charge on any atom is 0.151 e. The standard InChI is InChI=1S/C12H24N2O2S/c1-2-7-14(11-5-6-13-9-11)12-4-3-8-17(15,16)10-12/h11-13H,2-10H2,1H3. The summed E-state index contributed by atoms with van der Waals surface area (Å²) in [4.78, 5) is 2.46.